The highest BCUT2D eigenvalue weighted by atomic mass is 16.4. The number of hydrogen-bond donors (Lipinski definition) is 3. The molecule has 1 unspecified atom stereocenters. The second-order valence-corrected chi connectivity index (χ2v) is 5.51. The van der Waals surface area contributed by atoms with Crippen LogP contribution in [0.5, 0.6) is 0 Å². The summed E-state index contributed by atoms with van der Waals surface area (Å²) < 4.78 is 0. The molecule has 0 aliphatic carbocycles. The molecule has 3 N–H and O–H groups in total. The molecule has 5 heteroatoms. The minimum atomic E-state index is -0.788. The molecule has 0 aromatic rings. The summed E-state index contributed by atoms with van der Waals surface area (Å²) in [6, 6.07) is -0.181. The molecule has 0 spiro atoms. The van der Waals surface area contributed by atoms with E-state index in [0.717, 1.165) is 6.42 Å². The van der Waals surface area contributed by atoms with Crippen molar-refractivity contribution in [2.75, 3.05) is 13.1 Å². The van der Waals surface area contributed by atoms with Crippen molar-refractivity contribution in [2.45, 2.75) is 47.0 Å². The van der Waals surface area contributed by atoms with Gasteiger partial charge < -0.3 is 15.7 Å². The van der Waals surface area contributed by atoms with Gasteiger partial charge in [0.05, 0.1) is 5.92 Å². The monoisotopic (exact) mass is 258 g/mol. The summed E-state index contributed by atoms with van der Waals surface area (Å²) in [5.41, 5.74) is 0.106. The van der Waals surface area contributed by atoms with Gasteiger partial charge in [-0.15, -0.1) is 0 Å². The number of carbonyl (C=O) groups is 2. The maximum Gasteiger partial charge on any atom is 0.314 e. The molecule has 1 atom stereocenters. The second-order valence-electron chi connectivity index (χ2n) is 5.51. The van der Waals surface area contributed by atoms with E-state index in [1.807, 2.05) is 0 Å². The maximum absolute atomic E-state index is 11.4. The zero-order valence-corrected chi connectivity index (χ0v) is 11.9. The minimum absolute atomic E-state index is 0.106. The van der Waals surface area contributed by atoms with Crippen molar-refractivity contribution in [1.29, 1.82) is 0 Å². The van der Waals surface area contributed by atoms with E-state index in [0.29, 0.717) is 25.9 Å². The number of aliphatic carboxylic acids is 1. The van der Waals surface area contributed by atoms with Gasteiger partial charge in [0.1, 0.15) is 0 Å². The van der Waals surface area contributed by atoms with Crippen LogP contribution in [0, 0.1) is 11.3 Å². The van der Waals surface area contributed by atoms with Gasteiger partial charge in [-0.05, 0) is 24.7 Å². The van der Waals surface area contributed by atoms with E-state index >= 15 is 0 Å². The van der Waals surface area contributed by atoms with Crippen LogP contribution in [-0.4, -0.2) is 30.2 Å². The fourth-order valence-electron chi connectivity index (χ4n) is 1.24. The van der Waals surface area contributed by atoms with Crippen LogP contribution in [0.3, 0.4) is 0 Å². The van der Waals surface area contributed by atoms with E-state index in [2.05, 4.69) is 31.4 Å². The van der Waals surface area contributed by atoms with Crippen LogP contribution in [0.2, 0.25) is 0 Å². The van der Waals surface area contributed by atoms with Gasteiger partial charge in [-0.25, -0.2) is 4.79 Å². The Hall–Kier alpha value is -1.26. The molecule has 0 saturated carbocycles. The van der Waals surface area contributed by atoms with Crippen LogP contribution in [0.1, 0.15) is 47.0 Å². The van der Waals surface area contributed by atoms with Crippen molar-refractivity contribution in [3.63, 3.8) is 0 Å². The maximum atomic E-state index is 11.4. The molecule has 0 fully saturated rings. The molecule has 0 rings (SSSR count). The standard InChI is InChI=1S/C13H26N2O3/c1-5-13(3,4)9-15-12(18)14-8-6-7-10(2)11(16)17/h10H,5-9H2,1-4H3,(H,16,17)(H2,14,15,18). The lowest BCUT2D eigenvalue weighted by Gasteiger charge is -2.22. The molecule has 0 radical (unpaired) electrons. The molecule has 0 saturated heterocycles. The normalized spacial score (nSPS) is 12.9. The van der Waals surface area contributed by atoms with Crippen LogP contribution >= 0.6 is 0 Å². The van der Waals surface area contributed by atoms with Crippen LogP contribution in [0.15, 0.2) is 0 Å². The van der Waals surface area contributed by atoms with E-state index in [9.17, 15) is 9.59 Å². The molecule has 0 aromatic heterocycles. The summed E-state index contributed by atoms with van der Waals surface area (Å²) in [5.74, 6) is -1.14. The average Bonchev–Trinajstić information content (AvgIpc) is 2.31. The van der Waals surface area contributed by atoms with Crippen LogP contribution in [-0.2, 0) is 4.79 Å². The van der Waals surface area contributed by atoms with Crippen LogP contribution in [0.4, 0.5) is 4.79 Å². The van der Waals surface area contributed by atoms with Gasteiger partial charge in [0.15, 0.2) is 0 Å². The van der Waals surface area contributed by atoms with Crippen molar-refractivity contribution in [3.8, 4) is 0 Å². The zero-order chi connectivity index (χ0) is 14.2. The van der Waals surface area contributed by atoms with Gasteiger partial charge in [0, 0.05) is 13.1 Å². The molecular formula is C13H26N2O3. The fraction of sp³-hybridized carbons (Fsp3) is 0.846. The van der Waals surface area contributed by atoms with E-state index < -0.39 is 5.97 Å². The number of rotatable bonds is 8. The number of carbonyl (C=O) groups excluding carboxylic acids is 1. The van der Waals surface area contributed by atoms with Crippen molar-refractivity contribution in [3.05, 3.63) is 0 Å². The lowest BCUT2D eigenvalue weighted by molar-refractivity contribution is -0.141. The van der Waals surface area contributed by atoms with Crippen molar-refractivity contribution in [2.24, 2.45) is 11.3 Å². The summed E-state index contributed by atoms with van der Waals surface area (Å²) in [6.45, 7) is 9.11. The predicted molar refractivity (Wildman–Crippen MR) is 71.5 cm³/mol. The topological polar surface area (TPSA) is 78.4 Å². The number of carboxylic acids is 1. The summed E-state index contributed by atoms with van der Waals surface area (Å²) in [4.78, 5) is 22.0. The Morgan fingerprint density at radius 3 is 2.39 bits per heavy atom. The Balaban J connectivity index is 3.63. The first-order valence-electron chi connectivity index (χ1n) is 6.53. The molecule has 0 aliphatic heterocycles. The molecule has 5 nitrogen and oxygen atoms in total. The van der Waals surface area contributed by atoms with Gasteiger partial charge in [0.2, 0.25) is 0 Å². The van der Waals surface area contributed by atoms with Crippen LogP contribution < -0.4 is 10.6 Å². The molecule has 2 amide bonds. The Morgan fingerprint density at radius 1 is 1.28 bits per heavy atom. The number of carboxylic acid groups (broad SMARTS) is 1. The summed E-state index contributed by atoms with van der Waals surface area (Å²) >= 11 is 0. The summed E-state index contributed by atoms with van der Waals surface area (Å²) in [7, 11) is 0. The van der Waals surface area contributed by atoms with E-state index in [-0.39, 0.29) is 17.4 Å². The Morgan fingerprint density at radius 2 is 1.89 bits per heavy atom. The minimum Gasteiger partial charge on any atom is -0.481 e. The smallest absolute Gasteiger partial charge is 0.314 e. The summed E-state index contributed by atoms with van der Waals surface area (Å²) in [6.07, 6.45) is 2.26. The number of hydrogen-bond acceptors (Lipinski definition) is 2. The zero-order valence-electron chi connectivity index (χ0n) is 11.9. The molecule has 0 bridgehead atoms. The SMILES string of the molecule is CCC(C)(C)CNC(=O)NCCCC(C)C(=O)O. The van der Waals surface area contributed by atoms with E-state index in [4.69, 9.17) is 5.11 Å². The lowest BCUT2D eigenvalue weighted by Crippen LogP contribution is -2.41. The molecule has 106 valence electrons. The highest BCUT2D eigenvalue weighted by Gasteiger charge is 2.16. The number of urea groups is 1. The van der Waals surface area contributed by atoms with Crippen LogP contribution in [0.25, 0.3) is 0 Å². The van der Waals surface area contributed by atoms with Gasteiger partial charge >= 0.3 is 12.0 Å². The Labute approximate surface area is 109 Å². The molecule has 0 heterocycles. The second kappa shape index (κ2) is 7.95. The van der Waals surface area contributed by atoms with Crippen molar-refractivity contribution < 1.29 is 14.7 Å². The fourth-order valence-corrected chi connectivity index (χ4v) is 1.24. The van der Waals surface area contributed by atoms with Crippen molar-refractivity contribution in [1.82, 2.24) is 10.6 Å². The van der Waals surface area contributed by atoms with Gasteiger partial charge in [-0.2, -0.15) is 0 Å². The third-order valence-corrected chi connectivity index (χ3v) is 3.21. The highest BCUT2D eigenvalue weighted by Crippen LogP contribution is 2.17. The Kier molecular flexibility index (Phi) is 7.39. The third-order valence-electron chi connectivity index (χ3n) is 3.21. The number of nitrogens with one attached hydrogen (secondary N) is 2. The van der Waals surface area contributed by atoms with Gasteiger partial charge in [0.25, 0.3) is 0 Å². The molecule has 18 heavy (non-hydrogen) atoms. The highest BCUT2D eigenvalue weighted by molar-refractivity contribution is 5.73. The first kappa shape index (κ1) is 16.7. The summed E-state index contributed by atoms with van der Waals surface area (Å²) in [5, 5.41) is 14.2. The molecule has 0 aromatic carbocycles. The lowest BCUT2D eigenvalue weighted by atomic mass is 9.90. The third kappa shape index (κ3) is 7.92. The van der Waals surface area contributed by atoms with Gasteiger partial charge in [-0.3, -0.25) is 4.79 Å². The van der Waals surface area contributed by atoms with Gasteiger partial charge in [-0.1, -0.05) is 27.7 Å². The first-order valence-corrected chi connectivity index (χ1v) is 6.53. The largest absolute Gasteiger partial charge is 0.481 e. The first-order chi connectivity index (χ1) is 8.28. The quantitative estimate of drug-likeness (QED) is 0.584. The van der Waals surface area contributed by atoms with E-state index in [1.54, 1.807) is 6.92 Å². The van der Waals surface area contributed by atoms with E-state index in [1.165, 1.54) is 0 Å². The molecule has 0 aliphatic rings. The van der Waals surface area contributed by atoms with Crippen molar-refractivity contribution >= 4 is 12.0 Å². The molecular weight excluding hydrogens is 232 g/mol. The Bertz CT molecular complexity index is 277. The number of amides is 2. The predicted octanol–water partition coefficient (Wildman–Crippen LogP) is 2.22. The average molecular weight is 258 g/mol.